The summed E-state index contributed by atoms with van der Waals surface area (Å²) in [6.07, 6.45) is 1.84. The Hall–Kier alpha value is -4.17. The lowest BCUT2D eigenvalue weighted by Crippen LogP contribution is -2.29. The zero-order chi connectivity index (χ0) is 25.9. The number of hydrogen-bond acceptors (Lipinski definition) is 6. The third kappa shape index (κ3) is 4.93. The van der Waals surface area contributed by atoms with Gasteiger partial charge >= 0.3 is 5.97 Å². The molecule has 5 rings (SSSR count). The first kappa shape index (κ1) is 24.5. The molecule has 4 aromatic rings. The van der Waals surface area contributed by atoms with Gasteiger partial charge in [0.25, 0.3) is 0 Å². The molecular formula is C29H27N3O4S. The molecule has 3 heterocycles. The Morgan fingerprint density at radius 2 is 1.78 bits per heavy atom. The Morgan fingerprint density at radius 3 is 2.49 bits per heavy atom. The molecule has 37 heavy (non-hydrogen) atoms. The number of nitrogens with one attached hydrogen (secondary N) is 1. The number of ether oxygens (including phenoxy) is 2. The fraction of sp³-hybridized carbons (Fsp3) is 0.207. The fourth-order valence-electron chi connectivity index (χ4n) is 4.52. The van der Waals surface area contributed by atoms with Gasteiger partial charge in [-0.3, -0.25) is 4.98 Å². The van der Waals surface area contributed by atoms with Gasteiger partial charge in [-0.25, -0.2) is 4.79 Å². The van der Waals surface area contributed by atoms with Crippen molar-refractivity contribution in [1.82, 2.24) is 10.3 Å². The second kappa shape index (κ2) is 10.4. The third-order valence-electron chi connectivity index (χ3n) is 6.10. The third-order valence-corrected chi connectivity index (χ3v) is 6.42. The Labute approximate surface area is 221 Å². The molecule has 2 atom stereocenters. The van der Waals surface area contributed by atoms with Crippen LogP contribution < -0.4 is 15.0 Å². The number of furan rings is 1. The molecule has 0 radical (unpaired) electrons. The van der Waals surface area contributed by atoms with Crippen molar-refractivity contribution in [3.05, 3.63) is 102 Å². The topological polar surface area (TPSA) is 76.8 Å². The van der Waals surface area contributed by atoms with Crippen LogP contribution in [-0.2, 0) is 4.74 Å². The second-order valence-electron chi connectivity index (χ2n) is 8.90. The van der Waals surface area contributed by atoms with E-state index in [1.807, 2.05) is 85.5 Å². The van der Waals surface area contributed by atoms with Crippen molar-refractivity contribution in [2.45, 2.75) is 32.0 Å². The molecule has 1 N–H and O–H groups in total. The second-order valence-corrected chi connectivity index (χ2v) is 9.28. The minimum absolute atomic E-state index is 0.0797. The van der Waals surface area contributed by atoms with Crippen LogP contribution in [0.3, 0.4) is 0 Å². The summed E-state index contributed by atoms with van der Waals surface area (Å²) in [4.78, 5) is 19.0. The maximum absolute atomic E-state index is 12.4. The van der Waals surface area contributed by atoms with Gasteiger partial charge in [-0.2, -0.15) is 0 Å². The number of carbonyl (C=O) groups is 1. The van der Waals surface area contributed by atoms with E-state index in [0.29, 0.717) is 27.8 Å². The quantitative estimate of drug-likeness (QED) is 0.235. The minimum Gasteiger partial charge on any atom is -0.491 e. The first-order valence-corrected chi connectivity index (χ1v) is 12.4. The van der Waals surface area contributed by atoms with E-state index in [1.165, 1.54) is 7.11 Å². The van der Waals surface area contributed by atoms with Crippen LogP contribution in [0.4, 0.5) is 5.69 Å². The maximum Gasteiger partial charge on any atom is 0.338 e. The van der Waals surface area contributed by atoms with E-state index in [-0.39, 0.29) is 18.2 Å². The minimum atomic E-state index is -0.422. The lowest BCUT2D eigenvalue weighted by molar-refractivity contribution is 0.0601. The highest BCUT2D eigenvalue weighted by atomic mass is 32.1. The average Bonchev–Trinajstić information content (AvgIpc) is 3.53. The van der Waals surface area contributed by atoms with Gasteiger partial charge < -0.3 is 24.1 Å². The largest absolute Gasteiger partial charge is 0.491 e. The van der Waals surface area contributed by atoms with E-state index in [1.54, 1.807) is 18.3 Å². The van der Waals surface area contributed by atoms with Crippen molar-refractivity contribution in [2.75, 3.05) is 12.0 Å². The first-order chi connectivity index (χ1) is 18.0. The number of esters is 1. The monoisotopic (exact) mass is 513 g/mol. The summed E-state index contributed by atoms with van der Waals surface area (Å²) in [7, 11) is 1.37. The molecule has 2 aromatic carbocycles. The number of carbonyl (C=O) groups excluding carboxylic acids is 1. The summed E-state index contributed by atoms with van der Waals surface area (Å²) in [6, 6.07) is 24.1. The number of pyridine rings is 1. The van der Waals surface area contributed by atoms with Crippen LogP contribution in [0.15, 0.2) is 89.5 Å². The summed E-state index contributed by atoms with van der Waals surface area (Å²) < 4.78 is 17.2. The molecule has 0 bridgehead atoms. The predicted octanol–water partition coefficient (Wildman–Crippen LogP) is 6.09. The highest BCUT2D eigenvalue weighted by molar-refractivity contribution is 7.80. The molecule has 1 fully saturated rings. The van der Waals surface area contributed by atoms with E-state index in [9.17, 15) is 4.79 Å². The summed E-state index contributed by atoms with van der Waals surface area (Å²) >= 11 is 5.80. The highest BCUT2D eigenvalue weighted by Gasteiger charge is 2.42. The summed E-state index contributed by atoms with van der Waals surface area (Å²) in [5.74, 6) is 1.61. The van der Waals surface area contributed by atoms with Crippen LogP contribution >= 0.6 is 12.2 Å². The van der Waals surface area contributed by atoms with Crippen LogP contribution in [0.2, 0.25) is 0 Å². The van der Waals surface area contributed by atoms with Crippen LogP contribution in [0, 0.1) is 0 Å². The van der Waals surface area contributed by atoms with Crippen LogP contribution in [0.25, 0.3) is 11.3 Å². The molecular weight excluding hydrogens is 486 g/mol. The van der Waals surface area contributed by atoms with Gasteiger partial charge in [-0.05, 0) is 80.7 Å². The molecule has 8 heteroatoms. The van der Waals surface area contributed by atoms with Gasteiger partial charge in [0, 0.05) is 17.4 Å². The van der Waals surface area contributed by atoms with Crippen LogP contribution in [-0.4, -0.2) is 29.3 Å². The number of hydrogen-bond donors (Lipinski definition) is 1. The highest BCUT2D eigenvalue weighted by Crippen LogP contribution is 2.43. The molecule has 1 aliphatic heterocycles. The van der Waals surface area contributed by atoms with Gasteiger partial charge in [-0.15, -0.1) is 0 Å². The number of thiocarbonyl (C=S) groups is 1. The standard InChI is InChI=1S/C29H27N3O4S/c1-18(2)35-20-13-11-19(12-14-20)32-27(26(31-29(32)37)23-10-6-7-17-30-23)25-16-15-24(36-25)21-8-4-5-9-22(21)28(33)34-3/h4-18,26-27H,1-3H3,(H,31,37). The van der Waals surface area contributed by atoms with Crippen molar-refractivity contribution in [3.63, 3.8) is 0 Å². The molecule has 7 nitrogen and oxygen atoms in total. The molecule has 2 unspecified atom stereocenters. The number of benzene rings is 2. The zero-order valence-corrected chi connectivity index (χ0v) is 21.6. The Bertz CT molecular complexity index is 1400. The number of nitrogens with zero attached hydrogens (tertiary/aromatic N) is 2. The Balaban J connectivity index is 1.57. The van der Waals surface area contributed by atoms with E-state index >= 15 is 0 Å². The molecule has 2 aromatic heterocycles. The first-order valence-electron chi connectivity index (χ1n) is 12.0. The van der Waals surface area contributed by atoms with Crippen molar-refractivity contribution >= 4 is 29.0 Å². The Kier molecular flexibility index (Phi) is 6.92. The molecule has 0 spiro atoms. The lowest BCUT2D eigenvalue weighted by atomic mass is 10.0. The van der Waals surface area contributed by atoms with Crippen molar-refractivity contribution in [2.24, 2.45) is 0 Å². The fourth-order valence-corrected chi connectivity index (χ4v) is 4.87. The maximum atomic E-state index is 12.4. The van der Waals surface area contributed by atoms with Gasteiger partial charge in [0.05, 0.1) is 30.5 Å². The predicted molar refractivity (Wildman–Crippen MR) is 146 cm³/mol. The van der Waals surface area contributed by atoms with Crippen LogP contribution in [0.1, 0.15) is 47.7 Å². The molecule has 1 aliphatic rings. The average molecular weight is 514 g/mol. The van der Waals surface area contributed by atoms with Crippen molar-refractivity contribution < 1.29 is 18.7 Å². The zero-order valence-electron chi connectivity index (χ0n) is 20.8. The van der Waals surface area contributed by atoms with E-state index < -0.39 is 5.97 Å². The summed E-state index contributed by atoms with van der Waals surface area (Å²) in [5.41, 5.74) is 2.82. The number of methoxy groups -OCH3 is 1. The SMILES string of the molecule is COC(=O)c1ccccc1-c1ccc(C2C(c3ccccn3)NC(=S)N2c2ccc(OC(C)C)cc2)o1. The van der Waals surface area contributed by atoms with Gasteiger partial charge in [-0.1, -0.05) is 24.3 Å². The lowest BCUT2D eigenvalue weighted by Gasteiger charge is -2.26. The van der Waals surface area contributed by atoms with E-state index in [0.717, 1.165) is 17.1 Å². The number of aromatic nitrogens is 1. The molecule has 0 amide bonds. The summed E-state index contributed by atoms with van der Waals surface area (Å²) in [5, 5.41) is 3.99. The van der Waals surface area contributed by atoms with E-state index in [2.05, 4.69) is 10.3 Å². The van der Waals surface area contributed by atoms with E-state index in [4.69, 9.17) is 26.1 Å². The van der Waals surface area contributed by atoms with Crippen molar-refractivity contribution in [1.29, 1.82) is 0 Å². The smallest absolute Gasteiger partial charge is 0.338 e. The Morgan fingerprint density at radius 1 is 1.03 bits per heavy atom. The van der Waals surface area contributed by atoms with Gasteiger partial charge in [0.2, 0.25) is 0 Å². The molecule has 0 aliphatic carbocycles. The number of anilines is 1. The van der Waals surface area contributed by atoms with Gasteiger partial charge in [0.1, 0.15) is 23.3 Å². The molecule has 1 saturated heterocycles. The normalized spacial score (nSPS) is 17.1. The summed E-state index contributed by atoms with van der Waals surface area (Å²) in [6.45, 7) is 3.99. The molecule has 0 saturated carbocycles. The van der Waals surface area contributed by atoms with Gasteiger partial charge in [0.15, 0.2) is 5.11 Å². The molecule has 188 valence electrons. The van der Waals surface area contributed by atoms with Crippen LogP contribution in [0.5, 0.6) is 5.75 Å². The number of rotatable bonds is 7. The van der Waals surface area contributed by atoms with Crippen molar-refractivity contribution in [3.8, 4) is 17.1 Å².